The first-order chi connectivity index (χ1) is 6.79. The van der Waals surface area contributed by atoms with E-state index >= 15 is 0 Å². The Balaban J connectivity index is 1.82. The van der Waals surface area contributed by atoms with Gasteiger partial charge in [0.25, 0.3) is 0 Å². The number of nitrogens with two attached hydrogens (primary N) is 1. The second-order valence-electron chi connectivity index (χ2n) is 3.69. The first-order valence-corrected chi connectivity index (χ1v) is 5.31. The van der Waals surface area contributed by atoms with E-state index in [1.165, 1.54) is 6.42 Å². The molecule has 0 bridgehead atoms. The van der Waals surface area contributed by atoms with Crippen molar-refractivity contribution in [1.29, 1.82) is 5.41 Å². The third-order valence-corrected chi connectivity index (χ3v) is 2.31. The molecule has 1 aliphatic rings. The minimum absolute atomic E-state index is 0.268. The summed E-state index contributed by atoms with van der Waals surface area (Å²) in [6, 6.07) is 0. The van der Waals surface area contributed by atoms with Gasteiger partial charge in [-0.25, -0.2) is 0 Å². The summed E-state index contributed by atoms with van der Waals surface area (Å²) in [4.78, 5) is 0. The average Bonchev–Trinajstić information content (AvgIpc) is 2.63. The van der Waals surface area contributed by atoms with Gasteiger partial charge in [-0.05, 0) is 25.7 Å². The highest BCUT2D eigenvalue weighted by Gasteiger charge is 2.14. The Labute approximate surface area is 85.3 Å². The summed E-state index contributed by atoms with van der Waals surface area (Å²) < 4.78 is 10.9. The number of rotatable bonds is 7. The van der Waals surface area contributed by atoms with Crippen LogP contribution in [-0.2, 0) is 9.47 Å². The zero-order chi connectivity index (χ0) is 10.2. The molecule has 0 amide bonds. The molecular weight excluding hydrogens is 180 g/mol. The molecule has 1 fully saturated rings. The van der Waals surface area contributed by atoms with Gasteiger partial charge in [-0.15, -0.1) is 0 Å². The zero-order valence-corrected chi connectivity index (χ0v) is 8.63. The number of ether oxygens (including phenoxy) is 2. The van der Waals surface area contributed by atoms with Gasteiger partial charge in [-0.3, -0.25) is 5.41 Å². The molecule has 1 aliphatic heterocycles. The van der Waals surface area contributed by atoms with Gasteiger partial charge in [0.1, 0.15) is 0 Å². The second-order valence-corrected chi connectivity index (χ2v) is 3.69. The van der Waals surface area contributed by atoms with Crippen LogP contribution in [0, 0.1) is 5.41 Å². The molecule has 82 valence electrons. The molecule has 1 atom stereocenters. The van der Waals surface area contributed by atoms with Gasteiger partial charge in [0.05, 0.1) is 18.5 Å². The topological polar surface area (TPSA) is 68.3 Å². The average molecular weight is 200 g/mol. The van der Waals surface area contributed by atoms with Gasteiger partial charge < -0.3 is 15.2 Å². The van der Waals surface area contributed by atoms with Crippen LogP contribution in [0.5, 0.6) is 0 Å². The molecule has 1 saturated heterocycles. The Morgan fingerprint density at radius 1 is 1.50 bits per heavy atom. The van der Waals surface area contributed by atoms with Crippen molar-refractivity contribution >= 4 is 5.84 Å². The summed E-state index contributed by atoms with van der Waals surface area (Å²) >= 11 is 0. The van der Waals surface area contributed by atoms with Crippen LogP contribution in [-0.4, -0.2) is 31.8 Å². The minimum Gasteiger partial charge on any atom is -0.388 e. The first kappa shape index (κ1) is 11.5. The molecular formula is C10H20N2O2. The van der Waals surface area contributed by atoms with Crippen LogP contribution in [0.15, 0.2) is 0 Å². The molecule has 0 radical (unpaired) electrons. The summed E-state index contributed by atoms with van der Waals surface area (Å²) in [7, 11) is 0. The second kappa shape index (κ2) is 6.79. The van der Waals surface area contributed by atoms with Crippen LogP contribution < -0.4 is 5.73 Å². The molecule has 0 aromatic carbocycles. The number of nitrogens with one attached hydrogen (secondary N) is 1. The van der Waals surface area contributed by atoms with Crippen LogP contribution >= 0.6 is 0 Å². The maximum atomic E-state index is 7.03. The molecule has 0 aromatic heterocycles. The largest absolute Gasteiger partial charge is 0.388 e. The quantitative estimate of drug-likeness (QED) is 0.369. The molecule has 0 saturated carbocycles. The molecule has 0 aromatic rings. The van der Waals surface area contributed by atoms with E-state index < -0.39 is 0 Å². The van der Waals surface area contributed by atoms with Crippen LogP contribution in [0.2, 0.25) is 0 Å². The fraction of sp³-hybridized carbons (Fsp3) is 0.900. The molecule has 4 heteroatoms. The summed E-state index contributed by atoms with van der Waals surface area (Å²) in [5.74, 6) is 0.268. The van der Waals surface area contributed by atoms with Crippen LogP contribution in [0.1, 0.15) is 32.1 Å². The number of unbranched alkanes of at least 4 members (excludes halogenated alkanes) is 1. The SMILES string of the molecule is N=C(N)CCCCOCC1CCCO1. The van der Waals surface area contributed by atoms with E-state index in [2.05, 4.69) is 0 Å². The van der Waals surface area contributed by atoms with Crippen molar-refractivity contribution in [3.05, 3.63) is 0 Å². The molecule has 1 unspecified atom stereocenters. The Morgan fingerprint density at radius 3 is 3.00 bits per heavy atom. The predicted octanol–water partition coefficient (Wildman–Crippen LogP) is 1.29. The van der Waals surface area contributed by atoms with Crippen molar-refractivity contribution in [2.24, 2.45) is 5.73 Å². The van der Waals surface area contributed by atoms with Crippen molar-refractivity contribution < 1.29 is 9.47 Å². The molecule has 0 spiro atoms. The van der Waals surface area contributed by atoms with Gasteiger partial charge >= 0.3 is 0 Å². The van der Waals surface area contributed by atoms with E-state index in [9.17, 15) is 0 Å². The monoisotopic (exact) mass is 200 g/mol. The van der Waals surface area contributed by atoms with E-state index in [-0.39, 0.29) is 5.84 Å². The van der Waals surface area contributed by atoms with Crippen molar-refractivity contribution in [2.75, 3.05) is 19.8 Å². The Bertz CT molecular complexity index is 168. The highest BCUT2D eigenvalue weighted by Crippen LogP contribution is 2.12. The molecule has 3 N–H and O–H groups in total. The van der Waals surface area contributed by atoms with Crippen LogP contribution in [0.25, 0.3) is 0 Å². The molecule has 0 aliphatic carbocycles. The molecule has 14 heavy (non-hydrogen) atoms. The van der Waals surface area contributed by atoms with Crippen molar-refractivity contribution in [3.8, 4) is 0 Å². The fourth-order valence-electron chi connectivity index (χ4n) is 1.51. The smallest absolute Gasteiger partial charge is 0.0905 e. The lowest BCUT2D eigenvalue weighted by Gasteiger charge is -2.09. The minimum atomic E-state index is 0.268. The Kier molecular flexibility index (Phi) is 5.56. The zero-order valence-electron chi connectivity index (χ0n) is 8.63. The lowest BCUT2D eigenvalue weighted by molar-refractivity contribution is 0.0163. The molecule has 1 rings (SSSR count). The van der Waals surface area contributed by atoms with Gasteiger partial charge in [0.2, 0.25) is 0 Å². The number of hydrogen-bond donors (Lipinski definition) is 2. The van der Waals surface area contributed by atoms with Crippen molar-refractivity contribution in [1.82, 2.24) is 0 Å². The number of amidine groups is 1. The lowest BCUT2D eigenvalue weighted by atomic mass is 10.2. The van der Waals surface area contributed by atoms with Crippen LogP contribution in [0.4, 0.5) is 0 Å². The molecule has 1 heterocycles. The highest BCUT2D eigenvalue weighted by molar-refractivity contribution is 5.76. The van der Waals surface area contributed by atoms with E-state index in [1.54, 1.807) is 0 Å². The summed E-state index contributed by atoms with van der Waals surface area (Å²) in [6.45, 7) is 2.37. The van der Waals surface area contributed by atoms with Crippen molar-refractivity contribution in [3.63, 3.8) is 0 Å². The third kappa shape index (κ3) is 5.19. The number of hydrogen-bond acceptors (Lipinski definition) is 3. The van der Waals surface area contributed by atoms with Crippen molar-refractivity contribution in [2.45, 2.75) is 38.2 Å². The standard InChI is InChI=1S/C10H20N2O2/c11-10(12)5-1-2-6-13-8-9-4-3-7-14-9/h9H,1-8H2,(H3,11,12). The maximum absolute atomic E-state index is 7.03. The van der Waals surface area contributed by atoms with E-state index in [4.69, 9.17) is 20.6 Å². The Morgan fingerprint density at radius 2 is 2.36 bits per heavy atom. The highest BCUT2D eigenvalue weighted by atomic mass is 16.5. The van der Waals surface area contributed by atoms with Gasteiger partial charge in [-0.1, -0.05) is 0 Å². The third-order valence-electron chi connectivity index (χ3n) is 2.31. The van der Waals surface area contributed by atoms with E-state index in [0.717, 1.165) is 39.1 Å². The summed E-state index contributed by atoms with van der Waals surface area (Å²) in [5, 5.41) is 7.03. The predicted molar refractivity (Wildman–Crippen MR) is 55.6 cm³/mol. The van der Waals surface area contributed by atoms with Gasteiger partial charge in [-0.2, -0.15) is 0 Å². The summed E-state index contributed by atoms with van der Waals surface area (Å²) in [5.41, 5.74) is 5.23. The first-order valence-electron chi connectivity index (χ1n) is 5.31. The normalized spacial score (nSPS) is 21.3. The van der Waals surface area contributed by atoms with Gasteiger partial charge in [0, 0.05) is 19.6 Å². The van der Waals surface area contributed by atoms with E-state index in [0.29, 0.717) is 12.5 Å². The van der Waals surface area contributed by atoms with Gasteiger partial charge in [0.15, 0.2) is 0 Å². The Hall–Kier alpha value is -0.610. The van der Waals surface area contributed by atoms with E-state index in [1.807, 2.05) is 0 Å². The molecule has 4 nitrogen and oxygen atoms in total. The lowest BCUT2D eigenvalue weighted by Crippen LogP contribution is -2.15. The maximum Gasteiger partial charge on any atom is 0.0905 e. The van der Waals surface area contributed by atoms with Crippen LogP contribution in [0.3, 0.4) is 0 Å². The fourth-order valence-corrected chi connectivity index (χ4v) is 1.51. The summed E-state index contributed by atoms with van der Waals surface area (Å²) in [6.07, 6.45) is 5.23.